The number of aliphatic hydroxyl groups excluding tert-OH is 2. The third-order valence-corrected chi connectivity index (χ3v) is 8.47. The van der Waals surface area contributed by atoms with Gasteiger partial charge in [0.15, 0.2) is 15.2 Å². The molecule has 0 bridgehead atoms. The van der Waals surface area contributed by atoms with Gasteiger partial charge in [-0.2, -0.15) is 5.26 Å². The van der Waals surface area contributed by atoms with Gasteiger partial charge in [-0.15, -0.1) is 15.2 Å². The molecule has 0 aliphatic carbocycles. The number of aromatic nitrogens is 8. The standard InChI is InChI=1S/C9H8ClNO.C9H9N5O.C9H8N4O.C9H9NO2.C9H8O3.C2H3N.C2H6O.CHCl3.CH5N.CH4O.Cl2OS.ClH2NO.N3.Na/c1-11-9(10)8(12)7-5-3-2-4-6-7;1-14-9(10-12-13-14)8(11-15)7-5-3-2-4-6-7;1-13-9(10-11-12-13)8(14)7-5-3-2-4-6-7;1-10-9(12)8(11)7-5-3-2-4-6-7;1-12-9(11)8(10)7-5-3-2-4-6-7;2*1-2-3;2-1(3)4;2*1-2;1-4(2)3;1-2-3;1-3-2;/h2-6H,1H3;2-6,15H,1H3;2-6H,1H3;2-6H,1H3,(H,10,12);2-6H,1H3;1H3;3H,2H2,1H3;1H;2H2,1H3;2H,1H3;;2-3H;;/q;;;;;;;;;;;;-1;+1. The molecule has 0 atom stereocenters. The van der Waals surface area contributed by atoms with Crippen molar-refractivity contribution in [1.82, 2.24) is 50.7 Å². The van der Waals surface area contributed by atoms with E-state index in [1.54, 1.807) is 136 Å². The molecule has 2 aromatic heterocycles. The minimum absolute atomic E-state index is 0. The van der Waals surface area contributed by atoms with Crippen molar-refractivity contribution in [3.8, 4) is 6.07 Å². The number of nitrogens with one attached hydrogen (secondary N) is 2. The van der Waals surface area contributed by atoms with Crippen LogP contribution >= 0.6 is 79.5 Å². The van der Waals surface area contributed by atoms with Gasteiger partial charge in [-0.3, -0.25) is 33.9 Å². The molecule has 484 valence electrons. The number of aryl methyl sites for hydroxylation is 2. The maximum absolute atomic E-state index is 11.8. The molecule has 0 aliphatic heterocycles. The Morgan fingerprint density at radius 2 is 0.978 bits per heavy atom. The summed E-state index contributed by atoms with van der Waals surface area (Å²) in [6.45, 7) is 3.36. The van der Waals surface area contributed by atoms with Crippen LogP contribution in [0, 0.1) is 11.3 Å². The molecular formula is C52H63Cl7N17NaO12S. The van der Waals surface area contributed by atoms with E-state index in [2.05, 4.69) is 90.1 Å². The SMILES string of the molecule is CC#N.CCO.CN.CN=C(Cl)C(=O)c1ccccc1.CNC(=O)C(=O)c1ccccc1.CO.COC(=O)C(=O)c1ccccc1.ClC(Cl)Cl.Cn1nnnc1C(=NO)c1ccccc1.Cn1nnnc1C(=O)c1ccccc1.O=S(Cl)Cl.ONCl.[N-]=[N+]=[N-].[Na+]. The number of amides is 1. The molecule has 7 aromatic rings. The number of esters is 1. The molecule has 0 unspecified atom stereocenters. The van der Waals surface area contributed by atoms with Gasteiger partial charge in [-0.05, 0) is 34.8 Å². The number of tetrazole rings is 2. The maximum atomic E-state index is 11.8. The van der Waals surface area contributed by atoms with Crippen LogP contribution in [-0.2, 0) is 37.6 Å². The van der Waals surface area contributed by atoms with Gasteiger partial charge in [0.25, 0.3) is 11.7 Å². The minimum Gasteiger partial charge on any atom is -0.463 e. The Morgan fingerprint density at radius 1 is 0.711 bits per heavy atom. The first kappa shape index (κ1) is 96.4. The van der Waals surface area contributed by atoms with Gasteiger partial charge in [0, 0.05) is 110 Å². The van der Waals surface area contributed by atoms with Crippen molar-refractivity contribution in [1.29, 1.82) is 5.26 Å². The van der Waals surface area contributed by atoms with Gasteiger partial charge < -0.3 is 47.5 Å². The number of oxime groups is 1. The van der Waals surface area contributed by atoms with Crippen molar-refractivity contribution in [2.75, 3.05) is 42.0 Å². The molecule has 5 aromatic carbocycles. The second kappa shape index (κ2) is 67.7. The first-order valence-electron chi connectivity index (χ1n) is 23.6. The fourth-order valence-electron chi connectivity index (χ4n) is 4.84. The van der Waals surface area contributed by atoms with Crippen LogP contribution in [0.5, 0.6) is 0 Å². The number of ketones is 4. The van der Waals surface area contributed by atoms with Crippen LogP contribution in [0.3, 0.4) is 0 Å². The molecule has 7 rings (SSSR count). The van der Waals surface area contributed by atoms with Crippen molar-refractivity contribution in [3.05, 3.63) is 207 Å². The van der Waals surface area contributed by atoms with Gasteiger partial charge >= 0.3 is 35.5 Å². The summed E-state index contributed by atoms with van der Waals surface area (Å²) < 4.78 is 15.4. The smallest absolute Gasteiger partial charge is 0.463 e. The van der Waals surface area contributed by atoms with Gasteiger partial charge in [0.05, 0.1) is 13.2 Å². The van der Waals surface area contributed by atoms with Crippen LogP contribution in [0.1, 0.15) is 72.5 Å². The van der Waals surface area contributed by atoms with Crippen LogP contribution in [0.25, 0.3) is 16.0 Å². The van der Waals surface area contributed by atoms with Crippen molar-refractivity contribution >= 4 is 135 Å². The Labute approximate surface area is 577 Å². The summed E-state index contributed by atoms with van der Waals surface area (Å²) in [6.07, 6.45) is 0. The third-order valence-electron chi connectivity index (χ3n) is 8.13. The van der Waals surface area contributed by atoms with Crippen molar-refractivity contribution in [2.45, 2.75) is 18.1 Å². The molecule has 0 saturated carbocycles. The Morgan fingerprint density at radius 3 is 1.23 bits per heavy atom. The van der Waals surface area contributed by atoms with Gasteiger partial charge in [0.1, 0.15) is 0 Å². The summed E-state index contributed by atoms with van der Waals surface area (Å²) in [5.41, 5.74) is 21.0. The quantitative estimate of drug-likeness (QED) is 0.00719. The fourth-order valence-corrected chi connectivity index (χ4v) is 4.95. The molecule has 8 N–H and O–H groups in total. The van der Waals surface area contributed by atoms with Gasteiger partial charge in [-0.1, -0.05) is 203 Å². The first-order chi connectivity index (χ1) is 42.5. The van der Waals surface area contributed by atoms with Crippen molar-refractivity contribution in [2.24, 2.45) is 30.0 Å². The largest absolute Gasteiger partial charge is 1.00 e. The number of rotatable bonds is 10. The number of alkyl halides is 3. The Hall–Kier alpha value is -7.22. The predicted molar refractivity (Wildman–Crippen MR) is 343 cm³/mol. The molecule has 90 heavy (non-hydrogen) atoms. The normalized spacial score (nSPS) is 8.94. The number of halogens is 7. The molecule has 0 radical (unpaired) electrons. The topological polar surface area (TPSA) is 454 Å². The number of aliphatic imine (C=N–C) groups is 1. The Balaban J connectivity index is -0.000000175. The zero-order valence-corrected chi connectivity index (χ0v) is 57.8. The molecule has 1 amide bonds. The minimum atomic E-state index is -1.67. The number of likely N-dealkylation sites (N-methyl/N-ethyl adjacent to an activating group) is 1. The zero-order chi connectivity index (χ0) is 69.5. The fraction of sp³-hybridized carbons (Fsp3) is 0.212. The summed E-state index contributed by atoms with van der Waals surface area (Å²) in [4.78, 5) is 73.3. The van der Waals surface area contributed by atoms with Crippen molar-refractivity contribution in [3.63, 3.8) is 0 Å². The second-order valence-electron chi connectivity index (χ2n) is 13.6. The molecular weight excluding hydrogens is 1360 g/mol. The summed E-state index contributed by atoms with van der Waals surface area (Å²) in [7, 11) is 17.3. The maximum Gasteiger partial charge on any atom is 1.00 e. The summed E-state index contributed by atoms with van der Waals surface area (Å²) in [5, 5.41) is 65.0. The number of aliphatic hydroxyl groups is 2. The predicted octanol–water partition coefficient (Wildman–Crippen LogP) is 5.40. The molecule has 29 nitrogen and oxygen atoms in total. The molecule has 38 heteroatoms. The summed E-state index contributed by atoms with van der Waals surface area (Å²) in [5.74, 6) is -2.27. The van der Waals surface area contributed by atoms with E-state index in [-0.39, 0.29) is 58.7 Å². The van der Waals surface area contributed by atoms with E-state index in [0.29, 0.717) is 33.8 Å². The van der Waals surface area contributed by atoms with E-state index in [4.69, 9.17) is 87.6 Å². The number of hydrogen-bond donors (Lipinski definition) is 7. The Kier molecular flexibility index (Phi) is 72.5. The van der Waals surface area contributed by atoms with E-state index in [9.17, 15) is 28.8 Å². The number of carbonyl (C=O) groups excluding carboxylic acids is 6. The number of ether oxygens (including phenoxy) is 1. The van der Waals surface area contributed by atoms with E-state index in [0.717, 1.165) is 12.7 Å². The number of nitrogens with two attached hydrogens (primary N) is 1. The molecule has 2 heterocycles. The number of methoxy groups -OCH3 is 1. The number of hydrogen-bond acceptors (Lipinski definition) is 23. The van der Waals surface area contributed by atoms with Crippen LogP contribution in [0.2, 0.25) is 0 Å². The number of nitrogens with zero attached hydrogens (tertiary/aromatic N) is 14. The molecule has 0 spiro atoms. The van der Waals surface area contributed by atoms with Gasteiger partial charge in [-0.25, -0.2) is 18.4 Å². The zero-order valence-electron chi connectivity index (χ0n) is 49.7. The van der Waals surface area contributed by atoms with E-state index >= 15 is 0 Å². The summed E-state index contributed by atoms with van der Waals surface area (Å²) >= 11 is 24.3. The summed E-state index contributed by atoms with van der Waals surface area (Å²) in [6, 6.07) is 45.5. The average Bonchev–Trinajstić information content (AvgIpc) is 2.59. The molecule has 0 saturated heterocycles. The number of Topliss-reactive ketones (excluding diaryl/α,β-unsaturated/α-hetero) is 3. The van der Waals surface area contributed by atoms with Crippen LogP contribution in [0.4, 0.5) is 0 Å². The second-order valence-corrected chi connectivity index (χ2v) is 18.6. The number of benzene rings is 5. The van der Waals surface area contributed by atoms with Crippen LogP contribution in [0.15, 0.2) is 162 Å². The van der Waals surface area contributed by atoms with Crippen LogP contribution in [-0.4, -0.2) is 157 Å². The third kappa shape index (κ3) is 50.6. The van der Waals surface area contributed by atoms with E-state index < -0.39 is 37.0 Å². The monoisotopic (exact) mass is 1420 g/mol. The van der Waals surface area contributed by atoms with E-state index in [1.807, 2.05) is 42.5 Å². The first-order valence-corrected chi connectivity index (χ1v) is 28.5. The van der Waals surface area contributed by atoms with E-state index in [1.165, 1.54) is 54.5 Å². The molecule has 0 aliphatic rings. The van der Waals surface area contributed by atoms with Crippen molar-refractivity contribution < 1.29 is 87.9 Å². The number of nitriles is 1. The average molecular weight is 1420 g/mol. The number of carbonyl (C=O) groups is 6. The molecule has 0 fully saturated rings. The Bertz CT molecular complexity index is 3070. The van der Waals surface area contributed by atoms with Gasteiger partial charge in [0.2, 0.25) is 38.2 Å². The van der Waals surface area contributed by atoms with Crippen LogP contribution < -0.4 is 45.6 Å².